The molecule has 0 radical (unpaired) electrons. The molecule has 0 saturated carbocycles. The molecule has 3 aromatic carbocycles. The molecular weight excluding hydrogens is 452 g/mol. The zero-order valence-electron chi connectivity index (χ0n) is 21.1. The van der Waals surface area contributed by atoms with Gasteiger partial charge in [-0.2, -0.15) is 0 Å². The fraction of sp³-hybridized carbons (Fsp3) is 0.345. The molecule has 4 aromatic rings. The fourth-order valence-electron chi connectivity index (χ4n) is 4.94. The van der Waals surface area contributed by atoms with Gasteiger partial charge in [-0.05, 0) is 42.3 Å². The highest BCUT2D eigenvalue weighted by Crippen LogP contribution is 2.34. The molecule has 0 amide bonds. The molecular formula is C29H34N4O3. The van der Waals surface area contributed by atoms with Crippen LogP contribution in [0.5, 0.6) is 5.75 Å². The monoisotopic (exact) mass is 486 g/mol. The van der Waals surface area contributed by atoms with Gasteiger partial charge in [0.2, 0.25) is 0 Å². The van der Waals surface area contributed by atoms with E-state index in [2.05, 4.69) is 81.6 Å². The van der Waals surface area contributed by atoms with Crippen LogP contribution in [0.3, 0.4) is 0 Å². The van der Waals surface area contributed by atoms with Crippen LogP contribution in [0.25, 0.3) is 22.1 Å². The molecule has 36 heavy (non-hydrogen) atoms. The molecule has 1 fully saturated rings. The fourth-order valence-corrected chi connectivity index (χ4v) is 4.94. The van der Waals surface area contributed by atoms with E-state index in [1.807, 2.05) is 19.9 Å². The quantitative estimate of drug-likeness (QED) is 0.341. The summed E-state index contributed by atoms with van der Waals surface area (Å²) >= 11 is 0. The Labute approximate surface area is 212 Å². The molecule has 1 unspecified atom stereocenters. The lowest BCUT2D eigenvalue weighted by molar-refractivity contribution is -0.0318. The topological polar surface area (TPSA) is 74.0 Å². The number of rotatable bonds is 8. The van der Waals surface area contributed by atoms with Gasteiger partial charge in [-0.3, -0.25) is 10.2 Å². The largest absolute Gasteiger partial charge is 0.493 e. The van der Waals surface area contributed by atoms with Gasteiger partial charge in [0.05, 0.1) is 18.4 Å². The zero-order chi connectivity index (χ0) is 25.1. The summed E-state index contributed by atoms with van der Waals surface area (Å²) in [6.45, 7) is 9.63. The number of aliphatic hydroxyl groups excluding tert-OH is 1. The Morgan fingerprint density at radius 2 is 1.83 bits per heavy atom. The summed E-state index contributed by atoms with van der Waals surface area (Å²) in [5.74, 6) is 2.13. The molecule has 7 heteroatoms. The van der Waals surface area contributed by atoms with Crippen LogP contribution in [0, 0.1) is 6.92 Å². The van der Waals surface area contributed by atoms with Gasteiger partial charge in [0, 0.05) is 50.9 Å². The molecule has 0 bridgehead atoms. The van der Waals surface area contributed by atoms with Crippen LogP contribution in [0.15, 0.2) is 71.3 Å². The minimum Gasteiger partial charge on any atom is -0.493 e. The van der Waals surface area contributed by atoms with Gasteiger partial charge in [0.1, 0.15) is 5.75 Å². The smallest absolute Gasteiger partial charge is 0.191 e. The second-order valence-electron chi connectivity index (χ2n) is 9.21. The second kappa shape index (κ2) is 10.7. The normalized spacial score (nSPS) is 16.3. The predicted molar refractivity (Wildman–Crippen MR) is 143 cm³/mol. The van der Waals surface area contributed by atoms with Crippen molar-refractivity contribution in [3.05, 3.63) is 78.3 Å². The highest BCUT2D eigenvalue weighted by molar-refractivity contribution is 5.86. The molecule has 1 aliphatic rings. The van der Waals surface area contributed by atoms with Crippen LogP contribution < -0.4 is 15.0 Å². The third-order valence-corrected chi connectivity index (χ3v) is 6.87. The van der Waals surface area contributed by atoms with E-state index in [0.717, 1.165) is 43.2 Å². The van der Waals surface area contributed by atoms with Crippen molar-refractivity contribution in [1.82, 2.24) is 15.2 Å². The highest BCUT2D eigenvalue weighted by Gasteiger charge is 2.25. The first-order valence-electron chi connectivity index (χ1n) is 12.6. The number of nitrogens with zero attached hydrogens (tertiary/aromatic N) is 3. The van der Waals surface area contributed by atoms with E-state index in [1.54, 1.807) is 6.20 Å². The number of hydrogen-bond donors (Lipinski definition) is 2. The predicted octanol–water partition coefficient (Wildman–Crippen LogP) is 4.95. The summed E-state index contributed by atoms with van der Waals surface area (Å²) in [4.78, 5) is 8.64. The number of aliphatic hydroxyl groups is 1. The van der Waals surface area contributed by atoms with Gasteiger partial charge < -0.3 is 19.2 Å². The number of benzene rings is 3. The third kappa shape index (κ3) is 5.09. The van der Waals surface area contributed by atoms with Crippen molar-refractivity contribution in [2.75, 3.05) is 37.7 Å². The molecule has 0 aliphatic carbocycles. The van der Waals surface area contributed by atoms with Gasteiger partial charge >= 0.3 is 0 Å². The van der Waals surface area contributed by atoms with E-state index >= 15 is 0 Å². The number of piperazine rings is 1. The standard InChI is InChI=1S/C29H34N4O3/c1-4-35-27-18-23(12-13-26(27)28-19-30-21(3)36-28)32-14-16-33(17-15-32)29(34)31-20(2)24-11-7-9-22-8-5-6-10-25(22)24/h5-13,18-20,29,31,34H,4,14-17H2,1-3H3/t20-,29?/m0/s1. The molecule has 7 nitrogen and oxygen atoms in total. The molecule has 2 heterocycles. The summed E-state index contributed by atoms with van der Waals surface area (Å²) in [5, 5.41) is 16.8. The lowest BCUT2D eigenvalue weighted by Crippen LogP contribution is -2.55. The number of anilines is 1. The average Bonchev–Trinajstić information content (AvgIpc) is 3.34. The van der Waals surface area contributed by atoms with Crippen molar-refractivity contribution in [2.45, 2.75) is 33.2 Å². The van der Waals surface area contributed by atoms with Crippen molar-refractivity contribution in [3.63, 3.8) is 0 Å². The summed E-state index contributed by atoms with van der Waals surface area (Å²) in [5.41, 5.74) is 3.20. The Kier molecular flexibility index (Phi) is 7.23. The van der Waals surface area contributed by atoms with Crippen LogP contribution in [0.4, 0.5) is 5.69 Å². The van der Waals surface area contributed by atoms with Crippen LogP contribution >= 0.6 is 0 Å². The van der Waals surface area contributed by atoms with Gasteiger partial charge in [-0.25, -0.2) is 4.98 Å². The lowest BCUT2D eigenvalue weighted by atomic mass is 10.00. The second-order valence-corrected chi connectivity index (χ2v) is 9.21. The number of nitrogens with one attached hydrogen (secondary N) is 1. The van der Waals surface area contributed by atoms with Crippen molar-refractivity contribution < 1.29 is 14.3 Å². The Morgan fingerprint density at radius 3 is 2.58 bits per heavy atom. The maximum Gasteiger partial charge on any atom is 0.191 e. The first-order valence-corrected chi connectivity index (χ1v) is 12.6. The minimum atomic E-state index is -0.711. The Morgan fingerprint density at radius 1 is 1.06 bits per heavy atom. The van der Waals surface area contributed by atoms with E-state index in [9.17, 15) is 5.11 Å². The Balaban J connectivity index is 1.23. The van der Waals surface area contributed by atoms with E-state index in [1.165, 1.54) is 16.3 Å². The summed E-state index contributed by atoms with van der Waals surface area (Å²) in [6, 6.07) is 20.9. The van der Waals surface area contributed by atoms with Gasteiger partial charge in [0.15, 0.2) is 18.0 Å². The molecule has 0 spiro atoms. The number of fused-ring (bicyclic) bond motifs is 1. The van der Waals surface area contributed by atoms with Gasteiger partial charge in [-0.15, -0.1) is 0 Å². The number of aryl methyl sites for hydroxylation is 1. The molecule has 188 valence electrons. The molecule has 5 rings (SSSR count). The minimum absolute atomic E-state index is 0.0187. The van der Waals surface area contributed by atoms with Gasteiger partial charge in [0.25, 0.3) is 0 Å². The SMILES string of the molecule is CCOc1cc(N2CCN(C(O)N[C@@H](C)c3cccc4ccccc34)CC2)ccc1-c1cnc(C)o1. The van der Waals surface area contributed by atoms with Crippen molar-refractivity contribution >= 4 is 16.5 Å². The van der Waals surface area contributed by atoms with Crippen molar-refractivity contribution in [3.8, 4) is 17.1 Å². The molecule has 1 aliphatic heterocycles. The van der Waals surface area contributed by atoms with Gasteiger partial charge in [-0.1, -0.05) is 42.5 Å². The first kappa shape index (κ1) is 24.3. The van der Waals surface area contributed by atoms with E-state index in [4.69, 9.17) is 9.15 Å². The zero-order valence-corrected chi connectivity index (χ0v) is 21.1. The van der Waals surface area contributed by atoms with E-state index in [-0.39, 0.29) is 6.04 Å². The summed E-state index contributed by atoms with van der Waals surface area (Å²) in [7, 11) is 0. The average molecular weight is 487 g/mol. The van der Waals surface area contributed by atoms with Crippen LogP contribution in [-0.2, 0) is 0 Å². The first-order chi connectivity index (χ1) is 17.5. The number of ether oxygens (including phenoxy) is 1. The maximum atomic E-state index is 11.0. The third-order valence-electron chi connectivity index (χ3n) is 6.87. The number of oxazole rings is 1. The molecule has 1 aromatic heterocycles. The van der Waals surface area contributed by atoms with Crippen LogP contribution in [-0.4, -0.2) is 54.1 Å². The lowest BCUT2D eigenvalue weighted by Gasteiger charge is -2.39. The molecule has 2 atom stereocenters. The maximum absolute atomic E-state index is 11.0. The Bertz CT molecular complexity index is 1310. The Hall–Kier alpha value is -3.39. The summed E-state index contributed by atoms with van der Waals surface area (Å²) in [6.07, 6.45) is 1.02. The van der Waals surface area contributed by atoms with E-state index in [0.29, 0.717) is 18.3 Å². The number of hydrogen-bond acceptors (Lipinski definition) is 7. The van der Waals surface area contributed by atoms with Crippen LogP contribution in [0.1, 0.15) is 31.3 Å². The highest BCUT2D eigenvalue weighted by atomic mass is 16.5. The van der Waals surface area contributed by atoms with Crippen molar-refractivity contribution in [1.29, 1.82) is 0 Å². The molecule has 1 saturated heterocycles. The summed E-state index contributed by atoms with van der Waals surface area (Å²) < 4.78 is 11.7. The van der Waals surface area contributed by atoms with Crippen LogP contribution in [0.2, 0.25) is 0 Å². The van der Waals surface area contributed by atoms with Crippen molar-refractivity contribution in [2.24, 2.45) is 0 Å². The number of aromatic nitrogens is 1. The molecule has 2 N–H and O–H groups in total. The van der Waals surface area contributed by atoms with E-state index < -0.39 is 6.35 Å².